The standard InChI is InChI=1S/C20H21N3OS2/c1-3-22(4-2)17-9-7-15(8-10-17)12-18-19(24)23(20(25)26-18)14-16-6-5-11-21-13-16/h5-13H,3-4,14H2,1-2H3/b18-12+. The molecule has 2 heterocycles. The molecule has 0 unspecified atom stereocenters. The number of carbonyl (C=O) groups excluding carboxylic acids is 1. The largest absolute Gasteiger partial charge is 0.372 e. The minimum absolute atomic E-state index is 0.0447. The number of aromatic nitrogens is 1. The zero-order valence-electron chi connectivity index (χ0n) is 14.9. The quantitative estimate of drug-likeness (QED) is 0.548. The van der Waals surface area contributed by atoms with Crippen LogP contribution in [0.25, 0.3) is 6.08 Å². The van der Waals surface area contributed by atoms with Gasteiger partial charge in [-0.05, 0) is 49.2 Å². The Labute approximate surface area is 163 Å². The van der Waals surface area contributed by atoms with Gasteiger partial charge in [0, 0.05) is 31.2 Å². The summed E-state index contributed by atoms with van der Waals surface area (Å²) in [5.41, 5.74) is 3.16. The van der Waals surface area contributed by atoms with Gasteiger partial charge >= 0.3 is 0 Å². The highest BCUT2D eigenvalue weighted by molar-refractivity contribution is 8.26. The Morgan fingerprint density at radius 2 is 1.92 bits per heavy atom. The molecule has 134 valence electrons. The van der Waals surface area contributed by atoms with Gasteiger partial charge in [0.25, 0.3) is 5.91 Å². The highest BCUT2D eigenvalue weighted by Crippen LogP contribution is 2.33. The van der Waals surface area contributed by atoms with Crippen LogP contribution in [-0.2, 0) is 11.3 Å². The number of pyridine rings is 1. The minimum atomic E-state index is -0.0447. The molecule has 2 aromatic rings. The summed E-state index contributed by atoms with van der Waals surface area (Å²) >= 11 is 6.75. The lowest BCUT2D eigenvalue weighted by molar-refractivity contribution is -0.122. The van der Waals surface area contributed by atoms with Crippen molar-refractivity contribution in [2.24, 2.45) is 0 Å². The van der Waals surface area contributed by atoms with Gasteiger partial charge in [0.15, 0.2) is 0 Å². The molecule has 6 heteroatoms. The number of amides is 1. The van der Waals surface area contributed by atoms with E-state index in [9.17, 15) is 4.79 Å². The molecular weight excluding hydrogens is 362 g/mol. The average Bonchev–Trinajstić information content (AvgIpc) is 2.92. The van der Waals surface area contributed by atoms with E-state index >= 15 is 0 Å². The highest BCUT2D eigenvalue weighted by Gasteiger charge is 2.31. The van der Waals surface area contributed by atoms with Crippen LogP contribution in [0.4, 0.5) is 5.69 Å². The zero-order chi connectivity index (χ0) is 18.5. The van der Waals surface area contributed by atoms with Crippen molar-refractivity contribution >= 4 is 46.0 Å². The number of hydrogen-bond donors (Lipinski definition) is 0. The molecule has 0 aliphatic carbocycles. The summed E-state index contributed by atoms with van der Waals surface area (Å²) in [7, 11) is 0. The Morgan fingerprint density at radius 3 is 2.54 bits per heavy atom. The van der Waals surface area contributed by atoms with E-state index in [1.807, 2.05) is 30.3 Å². The van der Waals surface area contributed by atoms with Crippen LogP contribution >= 0.6 is 24.0 Å². The van der Waals surface area contributed by atoms with Crippen molar-refractivity contribution < 1.29 is 4.79 Å². The number of thioether (sulfide) groups is 1. The van der Waals surface area contributed by atoms with Crippen molar-refractivity contribution in [3.8, 4) is 0 Å². The van der Waals surface area contributed by atoms with Crippen LogP contribution in [0.3, 0.4) is 0 Å². The third-order valence-corrected chi connectivity index (χ3v) is 5.63. The van der Waals surface area contributed by atoms with Crippen LogP contribution in [0.5, 0.6) is 0 Å². The van der Waals surface area contributed by atoms with Gasteiger partial charge in [0.05, 0.1) is 11.4 Å². The second-order valence-corrected chi connectivity index (χ2v) is 7.57. The summed E-state index contributed by atoms with van der Waals surface area (Å²) < 4.78 is 0.588. The van der Waals surface area contributed by atoms with Gasteiger partial charge in [-0.2, -0.15) is 0 Å². The van der Waals surface area contributed by atoms with Gasteiger partial charge in [0.1, 0.15) is 4.32 Å². The molecule has 0 N–H and O–H groups in total. The van der Waals surface area contributed by atoms with Crippen molar-refractivity contribution in [1.82, 2.24) is 9.88 Å². The maximum Gasteiger partial charge on any atom is 0.266 e. The normalized spacial score (nSPS) is 15.8. The molecule has 3 rings (SSSR count). The van der Waals surface area contributed by atoms with Crippen molar-refractivity contribution in [1.29, 1.82) is 0 Å². The van der Waals surface area contributed by atoms with Gasteiger partial charge < -0.3 is 4.90 Å². The molecule has 0 radical (unpaired) electrons. The fourth-order valence-electron chi connectivity index (χ4n) is 2.83. The third kappa shape index (κ3) is 4.14. The Balaban J connectivity index is 1.75. The number of nitrogens with zero attached hydrogens (tertiary/aromatic N) is 3. The van der Waals surface area contributed by atoms with Gasteiger partial charge in [-0.25, -0.2) is 0 Å². The van der Waals surface area contributed by atoms with E-state index < -0.39 is 0 Å². The summed E-state index contributed by atoms with van der Waals surface area (Å²) in [6.07, 6.45) is 5.39. The van der Waals surface area contributed by atoms with Gasteiger partial charge in [0.2, 0.25) is 0 Å². The molecule has 1 amide bonds. The van der Waals surface area contributed by atoms with Crippen LogP contribution in [0.15, 0.2) is 53.7 Å². The molecule has 0 atom stereocenters. The Bertz CT molecular complexity index is 815. The minimum Gasteiger partial charge on any atom is -0.372 e. The Hall–Kier alpha value is -2.18. The zero-order valence-corrected chi connectivity index (χ0v) is 16.5. The van der Waals surface area contributed by atoms with E-state index in [0.29, 0.717) is 15.8 Å². The molecule has 1 aromatic carbocycles. The molecule has 4 nitrogen and oxygen atoms in total. The highest BCUT2D eigenvalue weighted by atomic mass is 32.2. The van der Waals surface area contributed by atoms with Crippen LogP contribution < -0.4 is 4.90 Å². The average molecular weight is 384 g/mol. The molecular formula is C20H21N3OS2. The van der Waals surface area contributed by atoms with E-state index in [1.165, 1.54) is 17.4 Å². The number of thiocarbonyl (C=S) groups is 1. The summed E-state index contributed by atoms with van der Waals surface area (Å²) in [5.74, 6) is -0.0447. The molecule has 1 saturated heterocycles. The van der Waals surface area contributed by atoms with E-state index in [4.69, 9.17) is 12.2 Å². The van der Waals surface area contributed by atoms with E-state index in [2.05, 4.69) is 35.9 Å². The number of rotatable bonds is 6. The maximum absolute atomic E-state index is 12.7. The maximum atomic E-state index is 12.7. The first-order valence-electron chi connectivity index (χ1n) is 8.61. The predicted molar refractivity (Wildman–Crippen MR) is 113 cm³/mol. The predicted octanol–water partition coefficient (Wildman–Crippen LogP) is 4.33. The second kappa shape index (κ2) is 8.47. The SMILES string of the molecule is CCN(CC)c1ccc(/C=C2/SC(=S)N(Cc3cccnc3)C2=O)cc1. The van der Waals surface area contributed by atoms with Crippen LogP contribution in [0, 0.1) is 0 Å². The number of carbonyl (C=O) groups is 1. The van der Waals surface area contributed by atoms with E-state index in [0.717, 1.165) is 24.2 Å². The fourth-order valence-corrected chi connectivity index (χ4v) is 4.09. The van der Waals surface area contributed by atoms with Crippen molar-refractivity contribution in [2.75, 3.05) is 18.0 Å². The van der Waals surface area contributed by atoms with Crippen LogP contribution in [-0.4, -0.2) is 33.2 Å². The molecule has 0 saturated carbocycles. The van der Waals surface area contributed by atoms with E-state index in [-0.39, 0.29) is 5.91 Å². The molecule has 0 bridgehead atoms. The topological polar surface area (TPSA) is 36.4 Å². The summed E-state index contributed by atoms with van der Waals surface area (Å²) in [6, 6.07) is 12.1. The molecule has 26 heavy (non-hydrogen) atoms. The fraction of sp³-hybridized carbons (Fsp3) is 0.250. The first kappa shape index (κ1) is 18.6. The Kier molecular flexibility index (Phi) is 6.06. The van der Waals surface area contributed by atoms with Gasteiger partial charge in [-0.3, -0.25) is 14.7 Å². The Morgan fingerprint density at radius 1 is 1.19 bits per heavy atom. The first-order chi connectivity index (χ1) is 12.6. The lowest BCUT2D eigenvalue weighted by Crippen LogP contribution is -2.27. The third-order valence-electron chi connectivity index (χ3n) is 4.26. The van der Waals surface area contributed by atoms with Crippen LogP contribution in [0.2, 0.25) is 0 Å². The summed E-state index contributed by atoms with van der Waals surface area (Å²) in [4.78, 5) is 21.4. The van der Waals surface area contributed by atoms with Crippen molar-refractivity contribution in [3.63, 3.8) is 0 Å². The molecule has 1 aliphatic rings. The second-order valence-electron chi connectivity index (χ2n) is 5.89. The summed E-state index contributed by atoms with van der Waals surface area (Å²) in [5, 5.41) is 0. The lowest BCUT2D eigenvalue weighted by Gasteiger charge is -2.20. The monoisotopic (exact) mass is 383 g/mol. The smallest absolute Gasteiger partial charge is 0.266 e. The van der Waals surface area contributed by atoms with Crippen molar-refractivity contribution in [2.45, 2.75) is 20.4 Å². The van der Waals surface area contributed by atoms with Gasteiger partial charge in [-0.15, -0.1) is 0 Å². The lowest BCUT2D eigenvalue weighted by atomic mass is 10.1. The van der Waals surface area contributed by atoms with Gasteiger partial charge in [-0.1, -0.05) is 42.2 Å². The molecule has 1 fully saturated rings. The first-order valence-corrected chi connectivity index (χ1v) is 9.84. The van der Waals surface area contributed by atoms with Crippen molar-refractivity contribution in [3.05, 3.63) is 64.8 Å². The van der Waals surface area contributed by atoms with Crippen LogP contribution in [0.1, 0.15) is 25.0 Å². The summed E-state index contributed by atoms with van der Waals surface area (Å²) in [6.45, 7) is 6.69. The number of hydrogen-bond acceptors (Lipinski definition) is 5. The molecule has 0 spiro atoms. The molecule has 1 aromatic heterocycles. The van der Waals surface area contributed by atoms with E-state index in [1.54, 1.807) is 17.3 Å². The number of benzene rings is 1. The number of anilines is 1. The molecule has 1 aliphatic heterocycles.